The minimum atomic E-state index is 0.120. The van der Waals surface area contributed by atoms with Gasteiger partial charge in [0, 0.05) is 31.6 Å². The van der Waals surface area contributed by atoms with Gasteiger partial charge in [-0.25, -0.2) is 0 Å². The Labute approximate surface area is 113 Å². The zero-order chi connectivity index (χ0) is 13.4. The number of anilines is 1. The second-order valence-corrected chi connectivity index (χ2v) is 6.02. The zero-order valence-electron chi connectivity index (χ0n) is 11.6. The summed E-state index contributed by atoms with van der Waals surface area (Å²) in [7, 11) is 1.85. The Balaban J connectivity index is 1.55. The third-order valence-corrected chi connectivity index (χ3v) is 4.31. The van der Waals surface area contributed by atoms with Crippen LogP contribution in [0.1, 0.15) is 37.8 Å². The van der Waals surface area contributed by atoms with E-state index in [2.05, 4.69) is 15.7 Å². The number of aromatic nitrogens is 2. The highest BCUT2D eigenvalue weighted by Crippen LogP contribution is 2.32. The molecule has 3 rings (SSSR count). The molecule has 2 N–H and O–H groups in total. The van der Waals surface area contributed by atoms with Crippen LogP contribution < -0.4 is 10.6 Å². The average Bonchev–Trinajstić information content (AvgIpc) is 2.82. The number of piperidine rings is 1. The molecule has 2 bridgehead atoms. The molecule has 5 nitrogen and oxygen atoms in total. The van der Waals surface area contributed by atoms with Crippen molar-refractivity contribution < 1.29 is 4.79 Å². The van der Waals surface area contributed by atoms with Crippen molar-refractivity contribution in [2.24, 2.45) is 13.0 Å². The first-order valence-electron chi connectivity index (χ1n) is 7.16. The molecular weight excluding hydrogens is 240 g/mol. The Kier molecular flexibility index (Phi) is 3.31. The largest absolute Gasteiger partial charge is 0.311 e. The molecule has 2 atom stereocenters. The Hall–Kier alpha value is -1.36. The minimum absolute atomic E-state index is 0.120. The molecule has 1 amide bonds. The van der Waals surface area contributed by atoms with Crippen molar-refractivity contribution in [2.45, 2.75) is 51.1 Å². The number of carbonyl (C=O) groups excluding carboxylic acids is 1. The highest BCUT2D eigenvalue weighted by Gasteiger charge is 2.34. The van der Waals surface area contributed by atoms with E-state index in [4.69, 9.17) is 0 Å². The number of hydrogen-bond acceptors (Lipinski definition) is 3. The van der Waals surface area contributed by atoms with Gasteiger partial charge < -0.3 is 10.6 Å². The number of carbonyl (C=O) groups is 1. The molecule has 1 aromatic heterocycles. The minimum Gasteiger partial charge on any atom is -0.311 e. The van der Waals surface area contributed by atoms with Gasteiger partial charge in [0.25, 0.3) is 0 Å². The van der Waals surface area contributed by atoms with Crippen molar-refractivity contribution in [1.82, 2.24) is 15.1 Å². The van der Waals surface area contributed by atoms with E-state index >= 15 is 0 Å². The van der Waals surface area contributed by atoms with Crippen LogP contribution in [-0.4, -0.2) is 27.8 Å². The van der Waals surface area contributed by atoms with Crippen molar-refractivity contribution >= 4 is 11.7 Å². The molecule has 2 saturated heterocycles. The van der Waals surface area contributed by atoms with Crippen LogP contribution in [0.25, 0.3) is 0 Å². The van der Waals surface area contributed by atoms with Crippen molar-refractivity contribution in [3.8, 4) is 0 Å². The predicted molar refractivity (Wildman–Crippen MR) is 73.9 cm³/mol. The first-order chi connectivity index (χ1) is 9.10. The van der Waals surface area contributed by atoms with Crippen LogP contribution in [0.15, 0.2) is 6.07 Å². The van der Waals surface area contributed by atoms with Gasteiger partial charge in [-0.1, -0.05) is 0 Å². The van der Waals surface area contributed by atoms with Gasteiger partial charge in [-0.05, 0) is 38.5 Å². The molecule has 2 aliphatic heterocycles. The molecule has 3 heterocycles. The molecule has 1 aromatic rings. The summed E-state index contributed by atoms with van der Waals surface area (Å²) >= 11 is 0. The molecule has 19 heavy (non-hydrogen) atoms. The maximum Gasteiger partial charge on any atom is 0.225 e. The number of amides is 1. The molecule has 0 aliphatic carbocycles. The Morgan fingerprint density at radius 2 is 2.16 bits per heavy atom. The van der Waals surface area contributed by atoms with E-state index in [0.717, 1.165) is 24.4 Å². The van der Waals surface area contributed by atoms with Gasteiger partial charge >= 0.3 is 0 Å². The Morgan fingerprint density at radius 1 is 1.47 bits per heavy atom. The molecule has 2 unspecified atom stereocenters. The lowest BCUT2D eigenvalue weighted by molar-refractivity contribution is -0.117. The number of nitrogens with one attached hydrogen (secondary N) is 2. The van der Waals surface area contributed by atoms with Crippen molar-refractivity contribution in [1.29, 1.82) is 0 Å². The Bertz CT molecular complexity index is 470. The second-order valence-electron chi connectivity index (χ2n) is 6.02. The van der Waals surface area contributed by atoms with Gasteiger partial charge in [-0.2, -0.15) is 5.10 Å². The van der Waals surface area contributed by atoms with Gasteiger partial charge in [0.05, 0.1) is 5.69 Å². The molecule has 104 valence electrons. The zero-order valence-corrected chi connectivity index (χ0v) is 11.6. The third kappa shape index (κ3) is 2.81. The smallest absolute Gasteiger partial charge is 0.225 e. The summed E-state index contributed by atoms with van der Waals surface area (Å²) in [5, 5.41) is 10.8. The molecule has 0 spiro atoms. The highest BCUT2D eigenvalue weighted by molar-refractivity contribution is 5.90. The Morgan fingerprint density at radius 3 is 2.74 bits per heavy atom. The van der Waals surface area contributed by atoms with E-state index in [9.17, 15) is 4.79 Å². The summed E-state index contributed by atoms with van der Waals surface area (Å²) in [5.74, 6) is 1.45. The number of aryl methyl sites for hydroxylation is 2. The molecule has 0 aromatic carbocycles. The fourth-order valence-corrected chi connectivity index (χ4v) is 3.53. The summed E-state index contributed by atoms with van der Waals surface area (Å²) in [6, 6.07) is 3.20. The molecular formula is C14H22N4O. The molecule has 2 aliphatic rings. The predicted octanol–water partition coefficient (Wildman–Crippen LogP) is 1.59. The van der Waals surface area contributed by atoms with E-state index in [-0.39, 0.29) is 5.91 Å². The molecule has 0 radical (unpaired) electrons. The van der Waals surface area contributed by atoms with E-state index in [1.54, 1.807) is 4.68 Å². The topological polar surface area (TPSA) is 59.0 Å². The highest BCUT2D eigenvalue weighted by atomic mass is 16.1. The average molecular weight is 262 g/mol. The maximum atomic E-state index is 12.1. The SMILES string of the molecule is Cc1cc(NC(=O)CC2CC3CCC(C2)N3)n(C)n1. The van der Waals surface area contributed by atoms with Gasteiger partial charge in [0.1, 0.15) is 5.82 Å². The quantitative estimate of drug-likeness (QED) is 0.869. The fraction of sp³-hybridized carbons (Fsp3) is 0.714. The van der Waals surface area contributed by atoms with Gasteiger partial charge in [-0.3, -0.25) is 9.48 Å². The van der Waals surface area contributed by atoms with Gasteiger partial charge in [0.2, 0.25) is 5.91 Å². The lowest BCUT2D eigenvalue weighted by Gasteiger charge is -2.28. The van der Waals surface area contributed by atoms with E-state index < -0.39 is 0 Å². The van der Waals surface area contributed by atoms with Crippen molar-refractivity contribution in [3.63, 3.8) is 0 Å². The van der Waals surface area contributed by atoms with E-state index in [1.807, 2.05) is 20.0 Å². The lowest BCUT2D eigenvalue weighted by Crippen LogP contribution is -2.39. The lowest BCUT2D eigenvalue weighted by atomic mass is 9.89. The number of hydrogen-bond donors (Lipinski definition) is 2. The molecule has 5 heteroatoms. The third-order valence-electron chi connectivity index (χ3n) is 4.31. The van der Waals surface area contributed by atoms with Crippen LogP contribution >= 0.6 is 0 Å². The number of rotatable bonds is 3. The number of nitrogens with zero attached hydrogens (tertiary/aromatic N) is 2. The standard InChI is InChI=1S/C14H22N4O/c1-9-5-13(18(2)17-9)16-14(19)8-10-6-11-3-4-12(7-10)15-11/h5,10-12,15H,3-4,6-8H2,1-2H3,(H,16,19). The summed E-state index contributed by atoms with van der Waals surface area (Å²) in [6.45, 7) is 1.93. The van der Waals surface area contributed by atoms with Crippen molar-refractivity contribution in [2.75, 3.05) is 5.32 Å². The summed E-state index contributed by atoms with van der Waals surface area (Å²) in [5.41, 5.74) is 0.928. The van der Waals surface area contributed by atoms with Gasteiger partial charge in [-0.15, -0.1) is 0 Å². The summed E-state index contributed by atoms with van der Waals surface area (Å²) in [4.78, 5) is 12.1. The van der Waals surface area contributed by atoms with Crippen LogP contribution in [0.5, 0.6) is 0 Å². The van der Waals surface area contributed by atoms with Crippen LogP contribution in [-0.2, 0) is 11.8 Å². The second kappa shape index (κ2) is 4.96. The maximum absolute atomic E-state index is 12.1. The van der Waals surface area contributed by atoms with Crippen LogP contribution in [0.2, 0.25) is 0 Å². The monoisotopic (exact) mass is 262 g/mol. The first kappa shape index (κ1) is 12.7. The number of fused-ring (bicyclic) bond motifs is 2. The molecule has 2 fully saturated rings. The molecule has 0 saturated carbocycles. The van der Waals surface area contributed by atoms with Crippen LogP contribution in [0.3, 0.4) is 0 Å². The fourth-order valence-electron chi connectivity index (χ4n) is 3.53. The van der Waals surface area contributed by atoms with Gasteiger partial charge in [0.15, 0.2) is 0 Å². The van der Waals surface area contributed by atoms with E-state index in [1.165, 1.54) is 12.8 Å². The summed E-state index contributed by atoms with van der Waals surface area (Å²) in [6.07, 6.45) is 5.50. The van der Waals surface area contributed by atoms with E-state index in [0.29, 0.717) is 24.4 Å². The summed E-state index contributed by atoms with van der Waals surface area (Å²) < 4.78 is 1.72. The normalized spacial score (nSPS) is 29.5. The van der Waals surface area contributed by atoms with Crippen LogP contribution in [0, 0.1) is 12.8 Å². The van der Waals surface area contributed by atoms with Crippen LogP contribution in [0.4, 0.5) is 5.82 Å². The van der Waals surface area contributed by atoms with Crippen molar-refractivity contribution in [3.05, 3.63) is 11.8 Å². The first-order valence-corrected chi connectivity index (χ1v) is 7.16.